The molecule has 0 radical (unpaired) electrons. The predicted molar refractivity (Wildman–Crippen MR) is 97.2 cm³/mol. The number of rotatable bonds is 5. The highest BCUT2D eigenvalue weighted by molar-refractivity contribution is 5.84. The van der Waals surface area contributed by atoms with Crippen LogP contribution < -0.4 is 10.2 Å². The molecular formula is C18H26N4O2. The molecule has 1 aromatic heterocycles. The zero-order valence-corrected chi connectivity index (χ0v) is 15.0. The molecule has 2 N–H and O–H groups in total. The number of aromatic nitrogens is 1. The van der Waals surface area contributed by atoms with Gasteiger partial charge in [0.15, 0.2) is 0 Å². The molecule has 0 unspecified atom stereocenters. The summed E-state index contributed by atoms with van der Waals surface area (Å²) in [5, 5.41) is 13.8. The van der Waals surface area contributed by atoms with Gasteiger partial charge in [-0.15, -0.1) is 0 Å². The quantitative estimate of drug-likeness (QED) is 0.882. The molecule has 0 aliphatic heterocycles. The number of para-hydroxylation sites is 1. The number of pyridine rings is 1. The first-order valence-corrected chi connectivity index (χ1v) is 7.95. The largest absolute Gasteiger partial charge is 0.389 e. The molecule has 2 amide bonds. The Morgan fingerprint density at radius 2 is 1.92 bits per heavy atom. The number of carbonyl (C=O) groups is 1. The highest BCUT2D eigenvalue weighted by Gasteiger charge is 2.19. The van der Waals surface area contributed by atoms with Crippen molar-refractivity contribution in [1.29, 1.82) is 0 Å². The summed E-state index contributed by atoms with van der Waals surface area (Å²) in [6.45, 7) is 4.02. The molecule has 0 aliphatic rings. The Kier molecular flexibility index (Phi) is 5.29. The van der Waals surface area contributed by atoms with E-state index in [0.717, 1.165) is 22.3 Å². The number of hydrogen-bond donors (Lipinski definition) is 2. The summed E-state index contributed by atoms with van der Waals surface area (Å²) in [5.41, 5.74) is 0.986. The van der Waals surface area contributed by atoms with E-state index >= 15 is 0 Å². The lowest BCUT2D eigenvalue weighted by atomic mass is 10.1. The molecule has 0 fully saturated rings. The van der Waals surface area contributed by atoms with Gasteiger partial charge in [0, 0.05) is 33.1 Å². The number of fused-ring (bicyclic) bond motifs is 1. The highest BCUT2D eigenvalue weighted by atomic mass is 16.3. The van der Waals surface area contributed by atoms with Crippen LogP contribution >= 0.6 is 0 Å². The van der Waals surface area contributed by atoms with Crippen LogP contribution in [0.15, 0.2) is 30.3 Å². The topological polar surface area (TPSA) is 68.7 Å². The maximum absolute atomic E-state index is 12.2. The van der Waals surface area contributed by atoms with Gasteiger partial charge >= 0.3 is 6.03 Å². The molecule has 2 aromatic rings. The van der Waals surface area contributed by atoms with Crippen molar-refractivity contribution in [3.8, 4) is 0 Å². The zero-order chi connectivity index (χ0) is 17.9. The molecular weight excluding hydrogens is 304 g/mol. The number of hydrogen-bond acceptors (Lipinski definition) is 4. The van der Waals surface area contributed by atoms with Gasteiger partial charge in [0.2, 0.25) is 0 Å². The monoisotopic (exact) mass is 330 g/mol. The van der Waals surface area contributed by atoms with E-state index < -0.39 is 5.60 Å². The van der Waals surface area contributed by atoms with Crippen LogP contribution in [-0.4, -0.2) is 54.3 Å². The van der Waals surface area contributed by atoms with E-state index in [9.17, 15) is 9.90 Å². The third-order valence-electron chi connectivity index (χ3n) is 3.65. The second kappa shape index (κ2) is 7.05. The molecule has 6 nitrogen and oxygen atoms in total. The molecule has 0 aliphatic carbocycles. The molecule has 0 spiro atoms. The summed E-state index contributed by atoms with van der Waals surface area (Å²) in [5.74, 6) is 0.850. The number of likely N-dealkylation sites (N-methyl/N-ethyl adjacent to an activating group) is 1. The van der Waals surface area contributed by atoms with Gasteiger partial charge in [-0.25, -0.2) is 9.78 Å². The molecule has 6 heteroatoms. The summed E-state index contributed by atoms with van der Waals surface area (Å²) in [4.78, 5) is 20.3. The average Bonchev–Trinajstić information content (AvgIpc) is 2.50. The van der Waals surface area contributed by atoms with E-state index in [1.807, 2.05) is 49.3 Å². The lowest BCUT2D eigenvalue weighted by Gasteiger charge is -2.26. The van der Waals surface area contributed by atoms with Gasteiger partial charge in [-0.1, -0.05) is 18.2 Å². The standard InChI is InChI=1S/C18H26N4O2/c1-18(2,24)12-22(5)17(23)19-11-13-10-16(21(3)4)20-15-9-7-6-8-14(13)15/h6-10,24H,11-12H2,1-5H3,(H,19,23). The second-order valence-corrected chi connectivity index (χ2v) is 6.88. The van der Waals surface area contributed by atoms with Gasteiger partial charge < -0.3 is 20.2 Å². The first-order chi connectivity index (χ1) is 11.2. The first kappa shape index (κ1) is 18.0. The number of benzene rings is 1. The Bertz CT molecular complexity index is 723. The minimum atomic E-state index is -0.923. The Balaban J connectivity index is 2.18. The number of carbonyl (C=O) groups excluding carboxylic acids is 1. The first-order valence-electron chi connectivity index (χ1n) is 7.95. The van der Waals surface area contributed by atoms with E-state index in [1.165, 1.54) is 4.90 Å². The van der Waals surface area contributed by atoms with E-state index in [-0.39, 0.29) is 12.6 Å². The SMILES string of the molecule is CN(CC(C)(C)O)C(=O)NCc1cc(N(C)C)nc2ccccc12. The van der Waals surface area contributed by atoms with Crippen LogP contribution in [0.5, 0.6) is 0 Å². The zero-order valence-electron chi connectivity index (χ0n) is 15.0. The fourth-order valence-electron chi connectivity index (χ4n) is 2.57. The van der Waals surface area contributed by atoms with Gasteiger partial charge in [-0.05, 0) is 31.5 Å². The third-order valence-corrected chi connectivity index (χ3v) is 3.65. The van der Waals surface area contributed by atoms with Gasteiger partial charge in [-0.2, -0.15) is 0 Å². The molecule has 0 atom stereocenters. The van der Waals surface area contributed by atoms with Crippen LogP contribution in [0.3, 0.4) is 0 Å². The summed E-state index contributed by atoms with van der Waals surface area (Å²) in [6, 6.07) is 9.65. The Hall–Kier alpha value is -2.34. The summed E-state index contributed by atoms with van der Waals surface area (Å²) < 4.78 is 0. The van der Waals surface area contributed by atoms with E-state index in [0.29, 0.717) is 6.54 Å². The van der Waals surface area contributed by atoms with Gasteiger partial charge in [0.05, 0.1) is 17.7 Å². The fourth-order valence-corrected chi connectivity index (χ4v) is 2.57. The molecule has 130 valence electrons. The van der Waals surface area contributed by atoms with Crippen molar-refractivity contribution in [2.45, 2.75) is 26.0 Å². The molecule has 0 bridgehead atoms. The molecule has 1 aromatic carbocycles. The lowest BCUT2D eigenvalue weighted by molar-refractivity contribution is 0.0531. The van der Waals surface area contributed by atoms with Crippen molar-refractivity contribution in [1.82, 2.24) is 15.2 Å². The van der Waals surface area contributed by atoms with E-state index in [4.69, 9.17) is 0 Å². The van der Waals surface area contributed by atoms with Crippen molar-refractivity contribution in [3.63, 3.8) is 0 Å². The minimum Gasteiger partial charge on any atom is -0.389 e. The summed E-state index contributed by atoms with van der Waals surface area (Å²) in [6.07, 6.45) is 0. The van der Waals surface area contributed by atoms with Crippen LogP contribution in [0.1, 0.15) is 19.4 Å². The van der Waals surface area contributed by atoms with Crippen LogP contribution in [0.25, 0.3) is 10.9 Å². The minimum absolute atomic E-state index is 0.218. The van der Waals surface area contributed by atoms with Crippen LogP contribution in [0.2, 0.25) is 0 Å². The normalized spacial score (nSPS) is 11.4. The van der Waals surface area contributed by atoms with Crippen LogP contribution in [0, 0.1) is 0 Å². The Labute approximate surface area is 143 Å². The average molecular weight is 330 g/mol. The van der Waals surface area contributed by atoms with Gasteiger partial charge in [0.25, 0.3) is 0 Å². The summed E-state index contributed by atoms with van der Waals surface area (Å²) in [7, 11) is 5.55. The molecule has 24 heavy (non-hydrogen) atoms. The predicted octanol–water partition coefficient (Wildman–Crippen LogP) is 2.21. The van der Waals surface area contributed by atoms with Crippen molar-refractivity contribution >= 4 is 22.8 Å². The van der Waals surface area contributed by atoms with Crippen molar-refractivity contribution in [2.24, 2.45) is 0 Å². The molecule has 0 saturated carbocycles. The number of anilines is 1. The number of aliphatic hydroxyl groups is 1. The van der Waals surface area contributed by atoms with E-state index in [2.05, 4.69) is 10.3 Å². The second-order valence-electron chi connectivity index (χ2n) is 6.88. The fraction of sp³-hybridized carbons (Fsp3) is 0.444. The molecule has 1 heterocycles. The molecule has 2 rings (SSSR count). The number of urea groups is 1. The summed E-state index contributed by atoms with van der Waals surface area (Å²) >= 11 is 0. The highest BCUT2D eigenvalue weighted by Crippen LogP contribution is 2.22. The van der Waals surface area contributed by atoms with Crippen molar-refractivity contribution < 1.29 is 9.90 Å². The number of nitrogens with one attached hydrogen (secondary N) is 1. The maximum Gasteiger partial charge on any atom is 0.317 e. The maximum atomic E-state index is 12.2. The van der Waals surface area contributed by atoms with Crippen molar-refractivity contribution in [3.05, 3.63) is 35.9 Å². The van der Waals surface area contributed by atoms with Crippen LogP contribution in [-0.2, 0) is 6.54 Å². The van der Waals surface area contributed by atoms with Gasteiger partial charge in [-0.3, -0.25) is 0 Å². The Morgan fingerprint density at radius 1 is 1.25 bits per heavy atom. The lowest BCUT2D eigenvalue weighted by Crippen LogP contribution is -2.44. The van der Waals surface area contributed by atoms with Gasteiger partial charge in [0.1, 0.15) is 5.82 Å². The Morgan fingerprint density at radius 3 is 2.54 bits per heavy atom. The van der Waals surface area contributed by atoms with Crippen LogP contribution in [0.4, 0.5) is 10.6 Å². The number of nitrogens with zero attached hydrogens (tertiary/aromatic N) is 3. The smallest absolute Gasteiger partial charge is 0.317 e. The van der Waals surface area contributed by atoms with E-state index in [1.54, 1.807) is 20.9 Å². The third kappa shape index (κ3) is 4.58. The van der Waals surface area contributed by atoms with Crippen molar-refractivity contribution in [2.75, 3.05) is 32.6 Å². The number of amides is 2. The molecule has 0 saturated heterocycles.